The number of H-pyrrole nitrogens is 1. The minimum atomic E-state index is -0.822. The number of carboxylic acid groups (broad SMARTS) is 1. The number of rotatable bonds is 6. The first-order valence-corrected chi connectivity index (χ1v) is 7.01. The van der Waals surface area contributed by atoms with Crippen molar-refractivity contribution in [2.24, 2.45) is 0 Å². The van der Waals surface area contributed by atoms with Gasteiger partial charge < -0.3 is 10.1 Å². The predicted octanol–water partition coefficient (Wildman–Crippen LogP) is 3.06. The van der Waals surface area contributed by atoms with Crippen LogP contribution in [0.25, 0.3) is 10.9 Å². The lowest BCUT2D eigenvalue weighted by Gasteiger charge is -2.37. The molecule has 0 aliphatic carbocycles. The maximum atomic E-state index is 11.7. The van der Waals surface area contributed by atoms with E-state index >= 15 is 0 Å². The summed E-state index contributed by atoms with van der Waals surface area (Å²) in [5.74, 6) is -0.822. The summed E-state index contributed by atoms with van der Waals surface area (Å²) in [5, 5.41) is 10.7. The first-order valence-electron chi connectivity index (χ1n) is 7.01. The Balaban J connectivity index is 2.33. The number of hydrogen-bond donors (Lipinski definition) is 2. The molecule has 0 radical (unpaired) electrons. The molecule has 21 heavy (non-hydrogen) atoms. The summed E-state index contributed by atoms with van der Waals surface area (Å²) in [5.41, 5.74) is 1.67. The second kappa shape index (κ2) is 5.74. The molecule has 1 atom stereocenters. The van der Waals surface area contributed by atoms with Crippen LogP contribution in [0.15, 0.2) is 43.1 Å². The highest BCUT2D eigenvalue weighted by molar-refractivity contribution is 5.84. The Bertz CT molecular complexity index is 658. The van der Waals surface area contributed by atoms with Crippen molar-refractivity contribution < 1.29 is 9.90 Å². The topological polar surface area (TPSA) is 56.3 Å². The molecular formula is C17H22N2O2. The van der Waals surface area contributed by atoms with Gasteiger partial charge in [0.15, 0.2) is 0 Å². The summed E-state index contributed by atoms with van der Waals surface area (Å²) in [6, 6.07) is 7.33. The van der Waals surface area contributed by atoms with Crippen LogP contribution in [0.4, 0.5) is 0 Å². The van der Waals surface area contributed by atoms with Crippen molar-refractivity contribution in [3.8, 4) is 0 Å². The third-order valence-electron chi connectivity index (χ3n) is 4.25. The summed E-state index contributed by atoms with van der Waals surface area (Å²) in [6.07, 6.45) is 4.13. The van der Waals surface area contributed by atoms with Crippen LogP contribution in [-0.2, 0) is 11.2 Å². The molecule has 1 aromatic heterocycles. The van der Waals surface area contributed by atoms with E-state index in [9.17, 15) is 9.90 Å². The molecule has 0 bridgehead atoms. The van der Waals surface area contributed by atoms with Gasteiger partial charge in [0.25, 0.3) is 0 Å². The minimum Gasteiger partial charge on any atom is -0.480 e. The fourth-order valence-corrected chi connectivity index (χ4v) is 2.44. The maximum absolute atomic E-state index is 11.7. The van der Waals surface area contributed by atoms with Crippen molar-refractivity contribution in [1.82, 2.24) is 9.88 Å². The Hall–Kier alpha value is -2.07. The van der Waals surface area contributed by atoms with E-state index in [1.165, 1.54) is 0 Å². The monoisotopic (exact) mass is 286 g/mol. The van der Waals surface area contributed by atoms with Gasteiger partial charge in [-0.05, 0) is 32.5 Å². The molecule has 1 heterocycles. The number of hydrogen-bond acceptors (Lipinski definition) is 2. The fourth-order valence-electron chi connectivity index (χ4n) is 2.44. The van der Waals surface area contributed by atoms with Gasteiger partial charge in [0, 0.05) is 29.1 Å². The number of aromatic amines is 1. The van der Waals surface area contributed by atoms with Crippen LogP contribution in [0.2, 0.25) is 0 Å². The highest BCUT2D eigenvalue weighted by Gasteiger charge is 2.32. The average Bonchev–Trinajstić information content (AvgIpc) is 2.87. The molecule has 0 saturated carbocycles. The smallest absolute Gasteiger partial charge is 0.321 e. The normalized spacial score (nSPS) is 13.5. The third kappa shape index (κ3) is 3.00. The van der Waals surface area contributed by atoms with E-state index in [4.69, 9.17) is 0 Å². The lowest BCUT2D eigenvalue weighted by atomic mass is 9.97. The number of benzene rings is 1. The Morgan fingerprint density at radius 1 is 1.48 bits per heavy atom. The van der Waals surface area contributed by atoms with Gasteiger partial charge in [-0.1, -0.05) is 24.3 Å². The summed E-state index contributed by atoms with van der Waals surface area (Å²) < 4.78 is 0. The molecule has 0 fully saturated rings. The van der Waals surface area contributed by atoms with Gasteiger partial charge in [0.1, 0.15) is 6.04 Å². The molecule has 0 aliphatic heterocycles. The van der Waals surface area contributed by atoms with Crippen molar-refractivity contribution in [1.29, 1.82) is 0 Å². The summed E-state index contributed by atoms with van der Waals surface area (Å²) in [6.45, 7) is 7.73. The SMILES string of the molecule is C=CC(C)(C)N(C)C(Cc1c[nH]c2ccccc12)C(=O)O. The highest BCUT2D eigenvalue weighted by Crippen LogP contribution is 2.23. The molecule has 2 rings (SSSR count). The second-order valence-electron chi connectivity index (χ2n) is 5.89. The third-order valence-corrected chi connectivity index (χ3v) is 4.25. The van der Waals surface area contributed by atoms with Crippen molar-refractivity contribution in [3.05, 3.63) is 48.7 Å². The largest absolute Gasteiger partial charge is 0.480 e. The molecule has 0 saturated heterocycles. The zero-order valence-electron chi connectivity index (χ0n) is 12.8. The molecule has 1 unspecified atom stereocenters. The maximum Gasteiger partial charge on any atom is 0.321 e. The zero-order valence-corrected chi connectivity index (χ0v) is 12.8. The highest BCUT2D eigenvalue weighted by atomic mass is 16.4. The molecule has 4 nitrogen and oxygen atoms in total. The molecule has 112 valence electrons. The first-order chi connectivity index (χ1) is 9.86. The molecule has 0 aliphatic rings. The lowest BCUT2D eigenvalue weighted by molar-refractivity contribution is -0.144. The average molecular weight is 286 g/mol. The summed E-state index contributed by atoms with van der Waals surface area (Å²) in [7, 11) is 1.83. The fraction of sp³-hybridized carbons (Fsp3) is 0.353. The van der Waals surface area contributed by atoms with Gasteiger partial charge in [-0.3, -0.25) is 9.69 Å². The quantitative estimate of drug-likeness (QED) is 0.802. The van der Waals surface area contributed by atoms with Crippen molar-refractivity contribution in [2.45, 2.75) is 31.8 Å². The first kappa shape index (κ1) is 15.3. The van der Waals surface area contributed by atoms with Gasteiger partial charge >= 0.3 is 5.97 Å². The van der Waals surface area contributed by atoms with Crippen LogP contribution in [0.1, 0.15) is 19.4 Å². The number of nitrogens with one attached hydrogen (secondary N) is 1. The van der Waals surface area contributed by atoms with Crippen LogP contribution in [0, 0.1) is 0 Å². The lowest BCUT2D eigenvalue weighted by Crippen LogP contribution is -2.50. The number of likely N-dealkylation sites (N-methyl/N-ethyl adjacent to an activating group) is 1. The van der Waals surface area contributed by atoms with Gasteiger partial charge in [-0.2, -0.15) is 0 Å². The Morgan fingerprint density at radius 2 is 2.14 bits per heavy atom. The number of aromatic nitrogens is 1. The van der Waals surface area contributed by atoms with E-state index in [0.29, 0.717) is 6.42 Å². The number of para-hydroxylation sites is 1. The van der Waals surface area contributed by atoms with Crippen LogP contribution in [-0.4, -0.2) is 39.6 Å². The number of fused-ring (bicyclic) bond motifs is 1. The molecule has 0 spiro atoms. The number of aliphatic carboxylic acids is 1. The standard InChI is InChI=1S/C17H22N2O2/c1-5-17(2,3)19(4)15(16(20)21)10-12-11-18-14-9-7-6-8-13(12)14/h5-9,11,15,18H,1,10H2,2-4H3,(H,20,21). The van der Waals surface area contributed by atoms with Crippen LogP contribution in [0.3, 0.4) is 0 Å². The molecule has 2 N–H and O–H groups in total. The molecule has 0 amide bonds. The molecule has 1 aromatic carbocycles. The number of nitrogens with zero attached hydrogens (tertiary/aromatic N) is 1. The van der Waals surface area contributed by atoms with Crippen LogP contribution >= 0.6 is 0 Å². The summed E-state index contributed by atoms with van der Waals surface area (Å²) >= 11 is 0. The van der Waals surface area contributed by atoms with E-state index in [1.54, 1.807) is 6.08 Å². The van der Waals surface area contributed by atoms with E-state index < -0.39 is 12.0 Å². The van der Waals surface area contributed by atoms with E-state index in [1.807, 2.05) is 56.3 Å². The van der Waals surface area contributed by atoms with Crippen LogP contribution in [0.5, 0.6) is 0 Å². The molecule has 4 heteroatoms. The zero-order chi connectivity index (χ0) is 15.6. The number of carboxylic acids is 1. The predicted molar refractivity (Wildman–Crippen MR) is 85.5 cm³/mol. The van der Waals surface area contributed by atoms with E-state index in [-0.39, 0.29) is 5.54 Å². The Kier molecular flexibility index (Phi) is 4.19. The van der Waals surface area contributed by atoms with Gasteiger partial charge in [-0.15, -0.1) is 6.58 Å². The summed E-state index contributed by atoms with van der Waals surface area (Å²) in [4.78, 5) is 16.7. The van der Waals surface area contributed by atoms with Gasteiger partial charge in [-0.25, -0.2) is 0 Å². The minimum absolute atomic E-state index is 0.380. The van der Waals surface area contributed by atoms with Crippen molar-refractivity contribution >= 4 is 16.9 Å². The van der Waals surface area contributed by atoms with Gasteiger partial charge in [0.2, 0.25) is 0 Å². The number of carbonyl (C=O) groups is 1. The Labute approximate surface area is 125 Å². The molecular weight excluding hydrogens is 264 g/mol. The second-order valence-corrected chi connectivity index (χ2v) is 5.89. The van der Waals surface area contributed by atoms with E-state index in [0.717, 1.165) is 16.5 Å². The van der Waals surface area contributed by atoms with E-state index in [2.05, 4.69) is 11.6 Å². The van der Waals surface area contributed by atoms with Crippen molar-refractivity contribution in [2.75, 3.05) is 7.05 Å². The van der Waals surface area contributed by atoms with Crippen LogP contribution < -0.4 is 0 Å². The Morgan fingerprint density at radius 3 is 2.76 bits per heavy atom. The van der Waals surface area contributed by atoms with Gasteiger partial charge in [0.05, 0.1) is 0 Å². The van der Waals surface area contributed by atoms with Crippen molar-refractivity contribution in [3.63, 3.8) is 0 Å². The molecule has 2 aromatic rings.